The van der Waals surface area contributed by atoms with E-state index in [4.69, 9.17) is 28.7 Å². The molecule has 0 aliphatic rings. The van der Waals surface area contributed by atoms with Crippen molar-refractivity contribution >= 4 is 41.5 Å². The highest BCUT2D eigenvalue weighted by Gasteiger charge is 2.40. The summed E-state index contributed by atoms with van der Waals surface area (Å²) in [7, 11) is 1.42. The molecular weight excluding hydrogens is 570 g/mol. The Kier molecular flexibility index (Phi) is 15.1. The van der Waals surface area contributed by atoms with E-state index in [1.54, 1.807) is 24.3 Å². The minimum atomic E-state index is -1.47. The lowest BCUT2D eigenvalue weighted by Crippen LogP contribution is -2.62. The molecule has 0 aromatic heterocycles. The van der Waals surface area contributed by atoms with E-state index in [1.807, 2.05) is 6.07 Å². The predicted octanol–water partition coefficient (Wildman–Crippen LogP) is -2.47. The maximum absolute atomic E-state index is 13.6. The predicted molar refractivity (Wildman–Crippen MR) is 167 cm³/mol. The van der Waals surface area contributed by atoms with Gasteiger partial charge in [-0.05, 0) is 45.1 Å². The number of carbonyl (C=O) groups is 5. The number of hydrogen-bond acceptors (Lipinski definition) is 7. The molecule has 1 aromatic rings. The van der Waals surface area contributed by atoms with E-state index in [-0.39, 0.29) is 44.3 Å². The van der Waals surface area contributed by atoms with E-state index >= 15 is 0 Å². The second-order valence-electron chi connectivity index (χ2n) is 10.8. The molecule has 0 aliphatic heterocycles. The third-order valence-electron chi connectivity index (χ3n) is 6.86. The van der Waals surface area contributed by atoms with Gasteiger partial charge in [0.25, 0.3) is 0 Å². The molecule has 244 valence electrons. The summed E-state index contributed by atoms with van der Waals surface area (Å²) in [6.07, 6.45) is 1.16. The maximum Gasteiger partial charge on any atom is 0.246 e. The van der Waals surface area contributed by atoms with E-state index in [9.17, 15) is 24.0 Å². The Hall–Kier alpha value is -4.89. The van der Waals surface area contributed by atoms with Gasteiger partial charge in [-0.25, -0.2) is 0 Å². The molecule has 1 aromatic carbocycles. The molecule has 44 heavy (non-hydrogen) atoms. The summed E-state index contributed by atoms with van der Waals surface area (Å²) >= 11 is 0. The van der Waals surface area contributed by atoms with Gasteiger partial charge in [0, 0.05) is 33.5 Å². The van der Waals surface area contributed by atoms with Crippen LogP contribution in [0.25, 0.3) is 0 Å². The Bertz CT molecular complexity index is 1200. The van der Waals surface area contributed by atoms with Crippen molar-refractivity contribution in [3.8, 4) is 0 Å². The van der Waals surface area contributed by atoms with Crippen LogP contribution in [0.3, 0.4) is 0 Å². The number of benzene rings is 1. The first-order valence-electron chi connectivity index (χ1n) is 14.2. The number of amides is 5. The van der Waals surface area contributed by atoms with Gasteiger partial charge >= 0.3 is 0 Å². The standard InChI is InChI=1S/C28H47N11O5/c1-17(40)36-20(13-9-15-35-27(32)33)24(43)39(4)28(2,3)25(44)38-19(12-8-14-34-26(30)31)23(42)37-21(22(29)41)16-18-10-6-5-7-11-18/h5-7,10-11,19-21H,8-9,12-16H2,1-4H3,(H2,29,41)(H,36,40)(H,37,42)(H,38,44)(H4,30,31,34)(H4,32,33,35)/t19-,20-,21-/m0/s1. The topological polar surface area (TPSA) is 280 Å². The SMILES string of the molecule is CC(=O)N[C@@H](CCCN=C(N)N)C(=O)N(C)C(C)(C)C(=O)N[C@@H](CCCN=C(N)N)C(=O)N[C@@H](Cc1ccccc1)C(N)=O. The molecule has 0 saturated heterocycles. The average molecular weight is 618 g/mol. The van der Waals surface area contributed by atoms with Crippen LogP contribution in [0.2, 0.25) is 0 Å². The van der Waals surface area contributed by atoms with Crippen LogP contribution >= 0.6 is 0 Å². The third kappa shape index (κ3) is 13.0. The smallest absolute Gasteiger partial charge is 0.246 e. The lowest BCUT2D eigenvalue weighted by atomic mass is 9.98. The fourth-order valence-electron chi connectivity index (χ4n) is 4.12. The number of rotatable bonds is 18. The largest absolute Gasteiger partial charge is 0.370 e. The van der Waals surface area contributed by atoms with Gasteiger partial charge in [0.1, 0.15) is 23.7 Å². The third-order valence-corrected chi connectivity index (χ3v) is 6.86. The molecule has 5 amide bonds. The zero-order chi connectivity index (χ0) is 33.4. The molecule has 16 heteroatoms. The summed E-state index contributed by atoms with van der Waals surface area (Å²) in [6, 6.07) is 5.87. The minimum absolute atomic E-state index is 0.0959. The summed E-state index contributed by atoms with van der Waals surface area (Å²) in [6.45, 7) is 4.70. The Morgan fingerprint density at radius 3 is 1.80 bits per heavy atom. The highest BCUT2D eigenvalue weighted by molar-refractivity contribution is 5.97. The molecule has 16 nitrogen and oxygen atoms in total. The van der Waals surface area contributed by atoms with Crippen LogP contribution in [0, 0.1) is 0 Å². The summed E-state index contributed by atoms with van der Waals surface area (Å²) in [4.78, 5) is 73.4. The van der Waals surface area contributed by atoms with Gasteiger partial charge in [-0.3, -0.25) is 34.0 Å². The van der Waals surface area contributed by atoms with E-state index in [0.717, 1.165) is 5.56 Å². The maximum atomic E-state index is 13.6. The Morgan fingerprint density at radius 1 is 0.795 bits per heavy atom. The number of aliphatic imine (C=N–C) groups is 2. The molecule has 0 radical (unpaired) electrons. The highest BCUT2D eigenvalue weighted by atomic mass is 16.2. The van der Waals surface area contributed by atoms with Crippen LogP contribution in [0.15, 0.2) is 40.3 Å². The van der Waals surface area contributed by atoms with Crippen molar-refractivity contribution in [2.24, 2.45) is 38.7 Å². The first-order chi connectivity index (χ1) is 20.6. The Labute approximate surface area is 257 Å². The molecule has 0 fully saturated rings. The molecule has 3 atom stereocenters. The number of likely N-dealkylation sites (N-methyl/N-ethyl adjacent to an activating group) is 1. The highest BCUT2D eigenvalue weighted by Crippen LogP contribution is 2.17. The Balaban J connectivity index is 3.13. The zero-order valence-corrected chi connectivity index (χ0v) is 25.8. The van der Waals surface area contributed by atoms with Gasteiger partial charge in [0.15, 0.2) is 11.9 Å². The first kappa shape index (κ1) is 37.1. The molecule has 0 unspecified atom stereocenters. The van der Waals surface area contributed by atoms with E-state index in [1.165, 1.54) is 32.7 Å². The normalized spacial score (nSPS) is 12.9. The molecule has 0 saturated carbocycles. The van der Waals surface area contributed by atoms with Crippen LogP contribution in [-0.2, 0) is 30.4 Å². The number of carbonyl (C=O) groups excluding carboxylic acids is 5. The van der Waals surface area contributed by atoms with Crippen LogP contribution < -0.4 is 44.6 Å². The fraction of sp³-hybridized carbons (Fsp3) is 0.536. The number of nitrogens with one attached hydrogen (secondary N) is 3. The number of hydrogen-bond donors (Lipinski definition) is 8. The molecule has 0 bridgehead atoms. The van der Waals surface area contributed by atoms with E-state index < -0.39 is 53.2 Å². The van der Waals surface area contributed by atoms with E-state index in [0.29, 0.717) is 12.8 Å². The lowest BCUT2D eigenvalue weighted by Gasteiger charge is -2.37. The van der Waals surface area contributed by atoms with Gasteiger partial charge in [-0.15, -0.1) is 0 Å². The van der Waals surface area contributed by atoms with Crippen molar-refractivity contribution in [1.29, 1.82) is 0 Å². The van der Waals surface area contributed by atoms with Crippen LogP contribution in [0.5, 0.6) is 0 Å². The van der Waals surface area contributed by atoms with Gasteiger partial charge < -0.3 is 49.5 Å². The van der Waals surface area contributed by atoms with Crippen LogP contribution in [0.1, 0.15) is 52.0 Å². The van der Waals surface area contributed by atoms with Crippen molar-refractivity contribution in [2.45, 2.75) is 76.5 Å². The number of nitrogens with zero attached hydrogens (tertiary/aromatic N) is 3. The lowest BCUT2D eigenvalue weighted by molar-refractivity contribution is -0.147. The molecule has 0 spiro atoms. The van der Waals surface area contributed by atoms with Crippen molar-refractivity contribution in [1.82, 2.24) is 20.9 Å². The Morgan fingerprint density at radius 2 is 1.32 bits per heavy atom. The summed E-state index contributed by atoms with van der Waals surface area (Å²) < 4.78 is 0. The van der Waals surface area contributed by atoms with Gasteiger partial charge in [-0.1, -0.05) is 30.3 Å². The summed E-state index contributed by atoms with van der Waals surface area (Å²) in [5, 5.41) is 7.92. The fourth-order valence-corrected chi connectivity index (χ4v) is 4.12. The molecule has 0 heterocycles. The zero-order valence-electron chi connectivity index (χ0n) is 25.8. The molecule has 1 rings (SSSR count). The van der Waals surface area contributed by atoms with Gasteiger partial charge in [-0.2, -0.15) is 0 Å². The molecule has 0 aliphatic carbocycles. The molecule has 13 N–H and O–H groups in total. The van der Waals surface area contributed by atoms with Gasteiger partial charge in [0.2, 0.25) is 29.5 Å². The number of guanidine groups is 2. The second-order valence-corrected chi connectivity index (χ2v) is 10.8. The summed E-state index contributed by atoms with van der Waals surface area (Å²) in [5.74, 6) is -3.24. The van der Waals surface area contributed by atoms with Crippen LogP contribution in [-0.4, -0.2) is 90.2 Å². The first-order valence-corrected chi connectivity index (χ1v) is 14.2. The monoisotopic (exact) mass is 617 g/mol. The summed E-state index contributed by atoms with van der Waals surface area (Å²) in [5.41, 5.74) is 26.4. The number of nitrogens with two attached hydrogens (primary N) is 5. The van der Waals surface area contributed by atoms with Crippen molar-refractivity contribution in [3.63, 3.8) is 0 Å². The van der Waals surface area contributed by atoms with Crippen molar-refractivity contribution < 1.29 is 24.0 Å². The minimum Gasteiger partial charge on any atom is -0.370 e. The number of primary amides is 1. The quantitative estimate of drug-likeness (QED) is 0.0491. The van der Waals surface area contributed by atoms with E-state index in [2.05, 4.69) is 25.9 Å². The van der Waals surface area contributed by atoms with Crippen molar-refractivity contribution in [3.05, 3.63) is 35.9 Å². The average Bonchev–Trinajstić information content (AvgIpc) is 2.94. The second kappa shape index (κ2) is 17.9. The van der Waals surface area contributed by atoms with Gasteiger partial charge in [0.05, 0.1) is 0 Å². The molecular formula is C28H47N11O5. The van der Waals surface area contributed by atoms with Crippen molar-refractivity contribution in [2.75, 3.05) is 20.1 Å². The van der Waals surface area contributed by atoms with Crippen LogP contribution in [0.4, 0.5) is 0 Å².